The van der Waals surface area contributed by atoms with E-state index in [1.807, 2.05) is 36.4 Å². The van der Waals surface area contributed by atoms with Crippen LogP contribution in [0, 0.1) is 0 Å². The van der Waals surface area contributed by atoms with Crippen LogP contribution < -0.4 is 0 Å². The summed E-state index contributed by atoms with van der Waals surface area (Å²) < 4.78 is 78.4. The van der Waals surface area contributed by atoms with Crippen molar-refractivity contribution in [2.45, 2.75) is 50.3 Å². The Morgan fingerprint density at radius 3 is 1.44 bits per heavy atom. The van der Waals surface area contributed by atoms with Crippen molar-refractivity contribution in [2.75, 3.05) is 25.7 Å². The summed E-state index contributed by atoms with van der Waals surface area (Å²) in [4.78, 5) is 0. The molecule has 3 aromatic carbocycles. The maximum absolute atomic E-state index is 12.5. The number of benzene rings is 3. The molecule has 0 aliphatic heterocycles. The molecule has 0 radical (unpaired) electrons. The molecule has 13 heteroatoms. The van der Waals surface area contributed by atoms with E-state index in [0.29, 0.717) is 11.1 Å². The van der Waals surface area contributed by atoms with Crippen LogP contribution in [0.15, 0.2) is 91.0 Å². The van der Waals surface area contributed by atoms with Crippen molar-refractivity contribution in [1.29, 1.82) is 0 Å². The predicted molar refractivity (Wildman–Crippen MR) is 159 cm³/mol. The molecule has 3 aromatic rings. The van der Waals surface area contributed by atoms with Crippen molar-refractivity contribution in [3.8, 4) is 0 Å². The van der Waals surface area contributed by atoms with Crippen LogP contribution in [-0.4, -0.2) is 83.3 Å². The van der Waals surface area contributed by atoms with E-state index in [0.717, 1.165) is 18.1 Å². The highest BCUT2D eigenvalue weighted by molar-refractivity contribution is 7.86. The zero-order valence-corrected chi connectivity index (χ0v) is 25.6. The van der Waals surface area contributed by atoms with Crippen LogP contribution >= 0.6 is 0 Å². The lowest BCUT2D eigenvalue weighted by atomic mass is 9.98. The maximum Gasteiger partial charge on any atom is 0.264 e. The molecule has 3 rings (SSSR count). The van der Waals surface area contributed by atoms with Crippen molar-refractivity contribution in [3.05, 3.63) is 108 Å². The third kappa shape index (κ3) is 12.8. The van der Waals surface area contributed by atoms with Gasteiger partial charge in [0.05, 0.1) is 45.5 Å². The monoisotopic (exact) mass is 638 g/mol. The van der Waals surface area contributed by atoms with E-state index in [4.69, 9.17) is 22.6 Å². The molecular weight excluding hydrogens is 600 g/mol. The first-order chi connectivity index (χ1) is 20.4. The van der Waals surface area contributed by atoms with Gasteiger partial charge in [-0.3, -0.25) is 8.37 Å². The zero-order chi connectivity index (χ0) is 31.3. The smallest absolute Gasteiger partial charge is 0.264 e. The molecule has 0 aliphatic rings. The molecular formula is C30H38O11S2. The minimum Gasteiger partial charge on any atom is -0.394 e. The van der Waals surface area contributed by atoms with E-state index in [1.165, 1.54) is 0 Å². The third-order valence-corrected chi connectivity index (χ3v) is 7.30. The van der Waals surface area contributed by atoms with Gasteiger partial charge >= 0.3 is 0 Å². The van der Waals surface area contributed by atoms with Crippen molar-refractivity contribution in [2.24, 2.45) is 0 Å². The lowest BCUT2D eigenvalue weighted by molar-refractivity contribution is -0.182. The second-order valence-corrected chi connectivity index (χ2v) is 13.1. The topological polar surface area (TPSA) is 155 Å². The summed E-state index contributed by atoms with van der Waals surface area (Å²) in [6.45, 7) is -1.28. The number of aliphatic hydroxyl groups is 2. The summed E-state index contributed by atoms with van der Waals surface area (Å²) in [5.41, 5.74) is 2.21. The minimum atomic E-state index is -4.22. The average molecular weight is 639 g/mol. The van der Waals surface area contributed by atoms with Crippen molar-refractivity contribution < 1.29 is 49.6 Å². The summed E-state index contributed by atoms with van der Waals surface area (Å²) in [5, 5.41) is 20.6. The molecule has 0 amide bonds. The van der Waals surface area contributed by atoms with Gasteiger partial charge in [-0.1, -0.05) is 91.0 Å². The average Bonchev–Trinajstić information content (AvgIpc) is 2.97. The molecule has 0 saturated carbocycles. The molecule has 0 unspecified atom stereocenters. The number of aliphatic hydroxyl groups excluding tert-OH is 2. The zero-order valence-electron chi connectivity index (χ0n) is 24.0. The molecule has 0 saturated heterocycles. The highest BCUT2D eigenvalue weighted by Crippen LogP contribution is 2.25. The predicted octanol–water partition coefficient (Wildman–Crippen LogP) is 2.42. The molecule has 0 bridgehead atoms. The Hall–Kier alpha value is -2.72. The molecule has 0 fully saturated rings. The first kappa shape index (κ1) is 34.8. The highest BCUT2D eigenvalue weighted by Gasteiger charge is 2.44. The molecule has 236 valence electrons. The Kier molecular flexibility index (Phi) is 13.7. The van der Waals surface area contributed by atoms with Crippen molar-refractivity contribution in [3.63, 3.8) is 0 Å². The van der Waals surface area contributed by atoms with Crippen LogP contribution in [0.4, 0.5) is 0 Å². The number of hydrogen-bond donors (Lipinski definition) is 2. The van der Waals surface area contributed by atoms with Gasteiger partial charge in [0.15, 0.2) is 0 Å². The summed E-state index contributed by atoms with van der Waals surface area (Å²) in [5.74, 6) is 0. The summed E-state index contributed by atoms with van der Waals surface area (Å²) in [6.07, 6.45) is -6.09. The standard InChI is InChI=1S/C30H38O11S2/c1-42(33,34)40-27(22-37-19-23-12-6-3-7-13-23)29(38-20-24-14-8-4-9-15-24)30(39-21-25-16-10-5-11-17-25)28(26(32)18-31)41-43(2,35)36/h3-17,26-32H,18-22H2,1-2H3/t26-,27+,28+,29-,30-/m1/s1. The molecule has 2 N–H and O–H groups in total. The molecule has 43 heavy (non-hydrogen) atoms. The maximum atomic E-state index is 12.5. The SMILES string of the molecule is CS(=O)(=O)O[C@H]([C@@H](OCc1ccccc1)[C@H](OCc1ccccc1)[C@H](COCc1ccccc1)OS(C)(=O)=O)[C@H](O)CO. The van der Waals surface area contributed by atoms with Crippen LogP contribution in [0.3, 0.4) is 0 Å². The Labute approximate surface area is 253 Å². The van der Waals surface area contributed by atoms with E-state index in [-0.39, 0.29) is 26.4 Å². The first-order valence-corrected chi connectivity index (χ1v) is 17.1. The van der Waals surface area contributed by atoms with Gasteiger partial charge in [0.2, 0.25) is 0 Å². The van der Waals surface area contributed by atoms with Crippen LogP contribution in [0.25, 0.3) is 0 Å². The van der Waals surface area contributed by atoms with Gasteiger partial charge in [-0.25, -0.2) is 0 Å². The summed E-state index contributed by atoms with van der Waals surface area (Å²) >= 11 is 0. The lowest BCUT2D eigenvalue weighted by Gasteiger charge is -2.37. The minimum absolute atomic E-state index is 0.0696. The Bertz CT molecular complexity index is 1420. The fraction of sp³-hybridized carbons (Fsp3) is 0.400. The number of ether oxygens (including phenoxy) is 3. The van der Waals surface area contributed by atoms with Gasteiger partial charge in [-0.2, -0.15) is 16.8 Å². The van der Waals surface area contributed by atoms with E-state index in [9.17, 15) is 27.0 Å². The summed E-state index contributed by atoms with van der Waals surface area (Å²) in [6, 6.07) is 27.0. The van der Waals surface area contributed by atoms with Crippen LogP contribution in [-0.2, 0) is 62.6 Å². The Morgan fingerprint density at radius 1 is 0.605 bits per heavy atom. The molecule has 11 nitrogen and oxygen atoms in total. The van der Waals surface area contributed by atoms with E-state index in [1.54, 1.807) is 54.6 Å². The fourth-order valence-corrected chi connectivity index (χ4v) is 5.49. The van der Waals surface area contributed by atoms with Crippen LogP contribution in [0.2, 0.25) is 0 Å². The van der Waals surface area contributed by atoms with Gasteiger partial charge in [-0.15, -0.1) is 0 Å². The second kappa shape index (κ2) is 16.9. The molecule has 0 aliphatic carbocycles. The molecule has 0 aromatic heterocycles. The Morgan fingerprint density at radius 2 is 1.02 bits per heavy atom. The Balaban J connectivity index is 2.05. The first-order valence-electron chi connectivity index (χ1n) is 13.4. The molecule has 0 spiro atoms. The van der Waals surface area contributed by atoms with E-state index in [2.05, 4.69) is 0 Å². The lowest BCUT2D eigenvalue weighted by Crippen LogP contribution is -2.55. The van der Waals surface area contributed by atoms with Gasteiger partial charge in [0, 0.05) is 0 Å². The largest absolute Gasteiger partial charge is 0.394 e. The quantitative estimate of drug-likeness (QED) is 0.186. The van der Waals surface area contributed by atoms with Crippen LogP contribution in [0.5, 0.6) is 0 Å². The van der Waals surface area contributed by atoms with Gasteiger partial charge < -0.3 is 24.4 Å². The molecule has 0 heterocycles. The van der Waals surface area contributed by atoms with E-state index >= 15 is 0 Å². The van der Waals surface area contributed by atoms with Crippen molar-refractivity contribution >= 4 is 20.2 Å². The van der Waals surface area contributed by atoms with Crippen molar-refractivity contribution in [1.82, 2.24) is 0 Å². The van der Waals surface area contributed by atoms with Crippen LogP contribution in [0.1, 0.15) is 16.7 Å². The highest BCUT2D eigenvalue weighted by atomic mass is 32.2. The van der Waals surface area contributed by atoms with Gasteiger partial charge in [0.1, 0.15) is 30.5 Å². The van der Waals surface area contributed by atoms with E-state index < -0.39 is 57.4 Å². The fourth-order valence-electron chi connectivity index (χ4n) is 4.24. The second-order valence-electron chi connectivity index (χ2n) is 9.88. The third-order valence-electron chi connectivity index (χ3n) is 6.13. The number of hydrogen-bond acceptors (Lipinski definition) is 11. The van der Waals surface area contributed by atoms with Gasteiger partial charge in [0.25, 0.3) is 20.2 Å². The number of rotatable bonds is 19. The summed E-state index contributed by atoms with van der Waals surface area (Å²) in [7, 11) is -8.34. The van der Waals surface area contributed by atoms with Gasteiger partial charge in [-0.05, 0) is 16.7 Å². The molecule has 5 atom stereocenters. The normalized spacial score (nSPS) is 15.8.